The van der Waals surface area contributed by atoms with Crippen molar-refractivity contribution < 1.29 is 22.7 Å². The van der Waals surface area contributed by atoms with E-state index in [1.54, 1.807) is 4.90 Å². The third-order valence-electron chi connectivity index (χ3n) is 5.43. The molecule has 2 fully saturated rings. The summed E-state index contributed by atoms with van der Waals surface area (Å²) >= 11 is 0. The number of hydrogen-bond donors (Lipinski definition) is 1. The first-order chi connectivity index (χ1) is 13.9. The fourth-order valence-corrected chi connectivity index (χ4v) is 4.19. The van der Waals surface area contributed by atoms with Gasteiger partial charge in [-0.2, -0.15) is 15.1 Å². The molecule has 7 nitrogen and oxygen atoms in total. The molecule has 2 aliphatic rings. The number of likely N-dealkylation sites (tertiary alicyclic amines) is 1. The highest BCUT2D eigenvalue weighted by Crippen LogP contribution is 2.37. The highest BCUT2D eigenvalue weighted by molar-refractivity contribution is 5.82. The van der Waals surface area contributed by atoms with Crippen molar-refractivity contribution in [3.8, 4) is 11.6 Å². The average Bonchev–Trinajstić information content (AvgIpc) is 3.05. The lowest BCUT2D eigenvalue weighted by Gasteiger charge is -2.56. The lowest BCUT2D eigenvalue weighted by Crippen LogP contribution is -2.69. The third kappa shape index (κ3) is 2.96. The zero-order valence-electron chi connectivity index (χ0n) is 15.0. The fraction of sp³-hybridized carbons (Fsp3) is 0.389. The largest absolute Gasteiger partial charge is 0.493 e. The lowest BCUT2D eigenvalue weighted by atomic mass is 9.88. The Balaban J connectivity index is 1.51. The summed E-state index contributed by atoms with van der Waals surface area (Å²) in [6, 6.07) is 3.00. The second-order valence-electron chi connectivity index (χ2n) is 7.30. The van der Waals surface area contributed by atoms with Crippen molar-refractivity contribution in [3.05, 3.63) is 36.0 Å². The van der Waals surface area contributed by atoms with Gasteiger partial charge in [0.25, 0.3) is 6.43 Å². The van der Waals surface area contributed by atoms with E-state index in [1.165, 1.54) is 16.9 Å². The van der Waals surface area contributed by atoms with Gasteiger partial charge >= 0.3 is 0 Å². The number of halogens is 4. The SMILES string of the molecule is Oc1nc(N2C3CC2CN(CC(F)F)C3)nc2c1cnn2-c1ccc(F)cc1F. The van der Waals surface area contributed by atoms with E-state index < -0.39 is 18.1 Å². The molecule has 2 atom stereocenters. The molecular weight excluding hydrogens is 392 g/mol. The molecule has 29 heavy (non-hydrogen) atoms. The number of aromatic nitrogens is 4. The number of alkyl halides is 2. The highest BCUT2D eigenvalue weighted by atomic mass is 19.3. The minimum atomic E-state index is -2.39. The molecule has 5 rings (SSSR count). The number of hydrogen-bond acceptors (Lipinski definition) is 6. The highest BCUT2D eigenvalue weighted by Gasteiger charge is 2.46. The molecule has 3 aromatic rings. The fourth-order valence-electron chi connectivity index (χ4n) is 4.19. The monoisotopic (exact) mass is 408 g/mol. The quantitative estimate of drug-likeness (QED) is 0.669. The molecule has 2 aliphatic heterocycles. The van der Waals surface area contributed by atoms with E-state index in [-0.39, 0.29) is 47.2 Å². The Hall–Kier alpha value is -2.95. The van der Waals surface area contributed by atoms with Gasteiger partial charge in [-0.3, -0.25) is 4.90 Å². The van der Waals surface area contributed by atoms with Gasteiger partial charge in [0.05, 0.1) is 12.7 Å². The van der Waals surface area contributed by atoms with Gasteiger partial charge in [-0.25, -0.2) is 22.2 Å². The molecule has 2 bridgehead atoms. The molecule has 1 aromatic carbocycles. The van der Waals surface area contributed by atoms with Crippen LogP contribution in [0.1, 0.15) is 6.42 Å². The zero-order chi connectivity index (χ0) is 20.3. The van der Waals surface area contributed by atoms with Crippen molar-refractivity contribution >= 4 is 17.0 Å². The normalized spacial score (nSPS) is 21.8. The van der Waals surface area contributed by atoms with Gasteiger partial charge < -0.3 is 10.0 Å². The second-order valence-corrected chi connectivity index (χ2v) is 7.30. The first-order valence-corrected chi connectivity index (χ1v) is 9.09. The Labute approximate surface area is 162 Å². The summed E-state index contributed by atoms with van der Waals surface area (Å²) in [5.41, 5.74) is 0.157. The average molecular weight is 408 g/mol. The second kappa shape index (κ2) is 6.55. The van der Waals surface area contributed by atoms with Gasteiger partial charge in [-0.15, -0.1) is 0 Å². The topological polar surface area (TPSA) is 70.3 Å². The molecule has 11 heteroatoms. The summed E-state index contributed by atoms with van der Waals surface area (Å²) in [6.07, 6.45) is -0.260. The lowest BCUT2D eigenvalue weighted by molar-refractivity contribution is 0.0425. The van der Waals surface area contributed by atoms with Gasteiger partial charge in [-0.1, -0.05) is 0 Å². The van der Waals surface area contributed by atoms with Crippen LogP contribution in [0.4, 0.5) is 23.5 Å². The van der Waals surface area contributed by atoms with Gasteiger partial charge in [0, 0.05) is 31.2 Å². The Morgan fingerprint density at radius 1 is 1.14 bits per heavy atom. The Kier molecular flexibility index (Phi) is 4.09. The van der Waals surface area contributed by atoms with Crippen molar-refractivity contribution in [3.63, 3.8) is 0 Å². The maximum Gasteiger partial charge on any atom is 0.251 e. The number of aromatic hydroxyl groups is 1. The van der Waals surface area contributed by atoms with Crippen LogP contribution in [0.5, 0.6) is 5.88 Å². The summed E-state index contributed by atoms with van der Waals surface area (Å²) in [5.74, 6) is -1.62. The number of benzene rings is 1. The molecule has 2 unspecified atom stereocenters. The maximum atomic E-state index is 14.2. The van der Waals surface area contributed by atoms with Crippen LogP contribution in [0.2, 0.25) is 0 Å². The molecule has 0 aliphatic carbocycles. The smallest absolute Gasteiger partial charge is 0.251 e. The first-order valence-electron chi connectivity index (χ1n) is 9.09. The zero-order valence-corrected chi connectivity index (χ0v) is 15.0. The number of piperazine rings is 1. The molecule has 4 heterocycles. The van der Waals surface area contributed by atoms with Crippen LogP contribution >= 0.6 is 0 Å². The van der Waals surface area contributed by atoms with Crippen molar-refractivity contribution in [2.24, 2.45) is 0 Å². The molecule has 152 valence electrons. The molecule has 2 aromatic heterocycles. The van der Waals surface area contributed by atoms with Crippen LogP contribution < -0.4 is 4.90 Å². The Bertz CT molecular complexity index is 1080. The summed E-state index contributed by atoms with van der Waals surface area (Å²) in [6.45, 7) is 0.631. The molecule has 1 N–H and O–H groups in total. The van der Waals surface area contributed by atoms with E-state index in [2.05, 4.69) is 15.1 Å². The number of nitrogens with zero attached hydrogens (tertiary/aromatic N) is 6. The van der Waals surface area contributed by atoms with Crippen LogP contribution in [0, 0.1) is 11.6 Å². The minimum absolute atomic E-state index is 0.0163. The van der Waals surface area contributed by atoms with Crippen molar-refractivity contribution in [2.75, 3.05) is 24.5 Å². The summed E-state index contributed by atoms with van der Waals surface area (Å²) in [4.78, 5) is 12.2. The van der Waals surface area contributed by atoms with Crippen LogP contribution in [0.15, 0.2) is 24.4 Å². The summed E-state index contributed by atoms with van der Waals surface area (Å²) in [7, 11) is 0. The number of rotatable bonds is 4. The molecule has 0 spiro atoms. The number of fused-ring (bicyclic) bond motifs is 3. The van der Waals surface area contributed by atoms with Gasteiger partial charge in [0.2, 0.25) is 11.8 Å². The molecular formula is C18H16F4N6O. The maximum absolute atomic E-state index is 14.2. The van der Waals surface area contributed by atoms with E-state index in [9.17, 15) is 22.7 Å². The van der Waals surface area contributed by atoms with E-state index >= 15 is 0 Å². The summed E-state index contributed by atoms with van der Waals surface area (Å²) < 4.78 is 54.0. The van der Waals surface area contributed by atoms with E-state index in [1.807, 2.05) is 4.90 Å². The predicted molar refractivity (Wildman–Crippen MR) is 95.4 cm³/mol. The van der Waals surface area contributed by atoms with Crippen LogP contribution in [-0.2, 0) is 0 Å². The Morgan fingerprint density at radius 2 is 1.90 bits per heavy atom. The first kappa shape index (κ1) is 18.1. The predicted octanol–water partition coefficient (Wildman–Crippen LogP) is 2.33. The number of piperidine rings is 1. The van der Waals surface area contributed by atoms with Crippen LogP contribution in [-0.4, -0.2) is 67.9 Å². The Morgan fingerprint density at radius 3 is 2.59 bits per heavy atom. The van der Waals surface area contributed by atoms with E-state index in [0.29, 0.717) is 13.1 Å². The van der Waals surface area contributed by atoms with Gasteiger partial charge in [-0.05, 0) is 18.6 Å². The molecule has 0 radical (unpaired) electrons. The molecule has 0 saturated carbocycles. The summed E-state index contributed by atoms with van der Waals surface area (Å²) in [5, 5.41) is 14.6. The van der Waals surface area contributed by atoms with Crippen molar-refractivity contribution in [2.45, 2.75) is 24.9 Å². The van der Waals surface area contributed by atoms with E-state index in [4.69, 9.17) is 0 Å². The minimum Gasteiger partial charge on any atom is -0.493 e. The molecule has 2 saturated heterocycles. The van der Waals surface area contributed by atoms with E-state index in [0.717, 1.165) is 18.6 Å². The van der Waals surface area contributed by atoms with Crippen LogP contribution in [0.3, 0.4) is 0 Å². The molecule has 0 amide bonds. The van der Waals surface area contributed by atoms with Gasteiger partial charge in [0.1, 0.15) is 16.9 Å². The standard InChI is InChI=1S/C18H16F4N6O/c19-9-1-2-14(13(20)3-9)28-16-12(5-23-28)17(29)25-18(24-16)27-10-4-11(27)7-26(6-10)8-15(21)22/h1-3,5,10-11,15H,4,6-8H2,(H,24,25,29). The van der Waals surface area contributed by atoms with Gasteiger partial charge in [0.15, 0.2) is 11.5 Å². The number of anilines is 1. The van der Waals surface area contributed by atoms with Crippen molar-refractivity contribution in [1.29, 1.82) is 0 Å². The van der Waals surface area contributed by atoms with Crippen molar-refractivity contribution in [1.82, 2.24) is 24.6 Å². The van der Waals surface area contributed by atoms with Crippen LogP contribution in [0.25, 0.3) is 16.7 Å². The third-order valence-corrected chi connectivity index (χ3v) is 5.43.